The van der Waals surface area contributed by atoms with Gasteiger partial charge in [0.1, 0.15) is 5.82 Å². The van der Waals surface area contributed by atoms with Crippen molar-refractivity contribution in [2.75, 3.05) is 5.32 Å². The second kappa shape index (κ2) is 4.04. The summed E-state index contributed by atoms with van der Waals surface area (Å²) in [5.74, 6) is -0.183. The largest absolute Gasteiger partial charge is 0.339 e. The van der Waals surface area contributed by atoms with Gasteiger partial charge in [-0.05, 0) is 31.2 Å². The second-order valence-electron chi connectivity index (χ2n) is 3.08. The molecule has 1 N–H and O–H groups in total. The molecule has 0 amide bonds. The summed E-state index contributed by atoms with van der Waals surface area (Å²) in [7, 11) is 0. The lowest BCUT2D eigenvalue weighted by atomic mass is 10.3. The Balaban J connectivity index is 2.18. The summed E-state index contributed by atoms with van der Waals surface area (Å²) in [4.78, 5) is 7.74. The summed E-state index contributed by atoms with van der Waals surface area (Å²) < 4.78 is 12.7. The number of anilines is 2. The zero-order chi connectivity index (χ0) is 10.7. The molecule has 0 spiro atoms. The summed E-state index contributed by atoms with van der Waals surface area (Å²) in [6.45, 7) is 1.90. The average Bonchev–Trinajstić information content (AvgIpc) is 2.22. The van der Waals surface area contributed by atoms with E-state index in [0.29, 0.717) is 5.82 Å². The molecule has 2 aromatic rings. The van der Waals surface area contributed by atoms with Crippen LogP contribution < -0.4 is 5.32 Å². The van der Waals surface area contributed by atoms with Crippen LogP contribution in [0.4, 0.5) is 15.9 Å². The molecule has 0 unspecified atom stereocenters. The summed E-state index contributed by atoms with van der Waals surface area (Å²) in [5.41, 5.74) is 1.71. The predicted octanol–water partition coefficient (Wildman–Crippen LogP) is 2.47. The highest BCUT2D eigenvalue weighted by Crippen LogP contribution is 2.13. The minimum atomic E-state index is -0.625. The zero-order valence-electron chi connectivity index (χ0n) is 8.16. The van der Waals surface area contributed by atoms with Gasteiger partial charge < -0.3 is 5.32 Å². The lowest BCUT2D eigenvalue weighted by Gasteiger charge is -2.04. The molecular weight excluding hydrogens is 193 g/mol. The average molecular weight is 202 g/mol. The fraction of sp³-hybridized carbons (Fsp3) is 0.0909. The molecule has 2 rings (SSSR count). The quantitative estimate of drug-likeness (QED) is 0.760. The topological polar surface area (TPSA) is 37.8 Å². The molecule has 0 atom stereocenters. The van der Waals surface area contributed by atoms with Gasteiger partial charge in [0.15, 0.2) is 0 Å². The van der Waals surface area contributed by atoms with Gasteiger partial charge in [-0.25, -0.2) is 4.98 Å². The van der Waals surface area contributed by atoms with E-state index in [9.17, 15) is 4.39 Å². The Labute approximate surface area is 87.0 Å². The van der Waals surface area contributed by atoms with Crippen LogP contribution in [0, 0.1) is 18.9 Å². The number of halogens is 1. The van der Waals surface area contributed by atoms with Crippen LogP contribution in [-0.4, -0.2) is 9.97 Å². The van der Waals surface area contributed by atoms with Crippen molar-refractivity contribution in [2.45, 2.75) is 6.92 Å². The van der Waals surface area contributed by atoms with Gasteiger partial charge in [-0.1, -0.05) is 0 Å². The van der Waals surface area contributed by atoms with Gasteiger partial charge in [0.25, 0.3) is 0 Å². The maximum Gasteiger partial charge on any atom is 0.222 e. The van der Waals surface area contributed by atoms with Crippen LogP contribution in [0.3, 0.4) is 0 Å². The standard InChI is InChI=1S/C11H9FN3/c1-8-5-6-9(7-13-8)14-11-4-2-3-10(12)15-11/h2,4-7H,1H3,(H,14,15). The van der Waals surface area contributed by atoms with E-state index in [1.807, 2.05) is 19.1 Å². The fourth-order valence-electron chi connectivity index (χ4n) is 1.12. The molecule has 3 nitrogen and oxygen atoms in total. The number of nitrogens with one attached hydrogen (secondary N) is 1. The van der Waals surface area contributed by atoms with Gasteiger partial charge in [-0.2, -0.15) is 4.39 Å². The van der Waals surface area contributed by atoms with Crippen LogP contribution in [0.2, 0.25) is 0 Å². The van der Waals surface area contributed by atoms with E-state index in [1.54, 1.807) is 12.3 Å². The third kappa shape index (κ3) is 2.49. The summed E-state index contributed by atoms with van der Waals surface area (Å²) in [5, 5.41) is 2.94. The molecule has 0 aliphatic rings. The molecule has 15 heavy (non-hydrogen) atoms. The van der Waals surface area contributed by atoms with Crippen LogP contribution in [-0.2, 0) is 0 Å². The van der Waals surface area contributed by atoms with Crippen molar-refractivity contribution in [1.29, 1.82) is 0 Å². The number of pyridine rings is 2. The first-order chi connectivity index (χ1) is 7.24. The lowest BCUT2D eigenvalue weighted by molar-refractivity contribution is 0.583. The van der Waals surface area contributed by atoms with Crippen molar-refractivity contribution in [2.24, 2.45) is 0 Å². The Morgan fingerprint density at radius 2 is 2.20 bits per heavy atom. The molecule has 0 aliphatic carbocycles. The molecule has 2 aromatic heterocycles. The van der Waals surface area contributed by atoms with Crippen LogP contribution >= 0.6 is 0 Å². The molecule has 0 bridgehead atoms. The Hall–Kier alpha value is -1.97. The molecule has 0 saturated carbocycles. The minimum Gasteiger partial charge on any atom is -0.339 e. The molecule has 75 valence electrons. The van der Waals surface area contributed by atoms with Crippen LogP contribution in [0.1, 0.15) is 5.69 Å². The van der Waals surface area contributed by atoms with Crippen molar-refractivity contribution < 1.29 is 4.39 Å². The van der Waals surface area contributed by atoms with Crippen molar-refractivity contribution >= 4 is 11.5 Å². The summed E-state index contributed by atoms with van der Waals surface area (Å²) >= 11 is 0. The van der Waals surface area contributed by atoms with Gasteiger partial charge in [0.05, 0.1) is 11.9 Å². The fourth-order valence-corrected chi connectivity index (χ4v) is 1.12. The first kappa shape index (κ1) is 9.58. The Morgan fingerprint density at radius 3 is 2.87 bits per heavy atom. The zero-order valence-corrected chi connectivity index (χ0v) is 8.16. The highest BCUT2D eigenvalue weighted by atomic mass is 19.1. The van der Waals surface area contributed by atoms with E-state index in [0.717, 1.165) is 11.4 Å². The van der Waals surface area contributed by atoms with Crippen LogP contribution in [0.5, 0.6) is 0 Å². The highest BCUT2D eigenvalue weighted by molar-refractivity contribution is 5.54. The number of hydrogen-bond donors (Lipinski definition) is 1. The van der Waals surface area contributed by atoms with Gasteiger partial charge in [0, 0.05) is 11.8 Å². The van der Waals surface area contributed by atoms with E-state index >= 15 is 0 Å². The van der Waals surface area contributed by atoms with Gasteiger partial charge in [-0.3, -0.25) is 4.98 Å². The first-order valence-electron chi connectivity index (χ1n) is 4.48. The van der Waals surface area contributed by atoms with E-state index in [2.05, 4.69) is 21.4 Å². The number of aromatic nitrogens is 2. The van der Waals surface area contributed by atoms with E-state index in [4.69, 9.17) is 0 Å². The lowest BCUT2D eigenvalue weighted by Crippen LogP contribution is -1.95. The number of aryl methyl sites for hydroxylation is 1. The third-order valence-electron chi connectivity index (χ3n) is 1.85. The highest BCUT2D eigenvalue weighted by Gasteiger charge is 1.97. The molecule has 0 saturated heterocycles. The number of rotatable bonds is 2. The van der Waals surface area contributed by atoms with Crippen LogP contribution in [0.25, 0.3) is 0 Å². The Morgan fingerprint density at radius 1 is 1.33 bits per heavy atom. The molecule has 2 heterocycles. The van der Waals surface area contributed by atoms with Crippen molar-refractivity contribution in [1.82, 2.24) is 9.97 Å². The van der Waals surface area contributed by atoms with E-state index in [1.165, 1.54) is 6.07 Å². The monoisotopic (exact) mass is 202 g/mol. The minimum absolute atomic E-state index is 0.442. The van der Waals surface area contributed by atoms with Crippen molar-refractivity contribution in [3.8, 4) is 0 Å². The normalized spacial score (nSPS) is 10.0. The van der Waals surface area contributed by atoms with Crippen molar-refractivity contribution in [3.63, 3.8) is 0 Å². The number of hydrogen-bond acceptors (Lipinski definition) is 3. The van der Waals surface area contributed by atoms with E-state index < -0.39 is 5.95 Å². The first-order valence-corrected chi connectivity index (χ1v) is 4.48. The van der Waals surface area contributed by atoms with Gasteiger partial charge >= 0.3 is 0 Å². The Kier molecular flexibility index (Phi) is 2.58. The smallest absolute Gasteiger partial charge is 0.222 e. The maximum atomic E-state index is 12.7. The van der Waals surface area contributed by atoms with Crippen LogP contribution in [0.15, 0.2) is 30.5 Å². The Bertz CT molecular complexity index is 454. The maximum absolute atomic E-state index is 12.7. The van der Waals surface area contributed by atoms with Crippen molar-refractivity contribution in [3.05, 3.63) is 48.2 Å². The molecular formula is C11H9FN3. The summed E-state index contributed by atoms with van der Waals surface area (Å²) in [6, 6.07) is 9.18. The molecule has 1 radical (unpaired) electrons. The molecule has 4 heteroatoms. The van der Waals surface area contributed by atoms with Gasteiger partial charge in [-0.15, -0.1) is 0 Å². The second-order valence-corrected chi connectivity index (χ2v) is 3.08. The SMILES string of the molecule is Cc1ccc(Nc2cc[c]c(F)n2)cn1. The molecule has 0 fully saturated rings. The molecule has 0 aliphatic heterocycles. The third-order valence-corrected chi connectivity index (χ3v) is 1.85. The number of nitrogens with zero attached hydrogens (tertiary/aromatic N) is 2. The molecule has 0 aromatic carbocycles. The predicted molar refractivity (Wildman–Crippen MR) is 55.3 cm³/mol. The van der Waals surface area contributed by atoms with E-state index in [-0.39, 0.29) is 0 Å². The summed E-state index contributed by atoms with van der Waals surface area (Å²) in [6.07, 6.45) is 1.67. The van der Waals surface area contributed by atoms with Gasteiger partial charge in [0.2, 0.25) is 5.95 Å².